The van der Waals surface area contributed by atoms with Gasteiger partial charge in [0.05, 0.1) is 18.3 Å². The number of aromatic amines is 1. The van der Waals surface area contributed by atoms with Crippen LogP contribution in [0, 0.1) is 0 Å². The molecule has 6 nitrogen and oxygen atoms in total. The average Bonchev–Trinajstić information content (AvgIpc) is 2.34. The minimum atomic E-state index is -0.899. The number of rotatable bonds is 4. The van der Waals surface area contributed by atoms with Crippen LogP contribution in [0.25, 0.3) is 0 Å². The van der Waals surface area contributed by atoms with Gasteiger partial charge in [0.25, 0.3) is 0 Å². The van der Waals surface area contributed by atoms with Crippen molar-refractivity contribution in [3.63, 3.8) is 0 Å². The summed E-state index contributed by atoms with van der Waals surface area (Å²) in [5, 5.41) is 11.8. The van der Waals surface area contributed by atoms with Gasteiger partial charge in [-0.3, -0.25) is 4.79 Å². The summed E-state index contributed by atoms with van der Waals surface area (Å²) >= 11 is 0. The molecule has 0 unspecified atom stereocenters. The Morgan fingerprint density at radius 3 is 2.83 bits per heavy atom. The Labute approximate surface area is 102 Å². The summed E-state index contributed by atoms with van der Waals surface area (Å²) in [6.07, 6.45) is 2.79. The van der Waals surface area contributed by atoms with Crippen LogP contribution < -0.4 is 11.0 Å². The maximum atomic E-state index is 10.8. The largest absolute Gasteiger partial charge is 0.481 e. The summed E-state index contributed by atoms with van der Waals surface area (Å²) in [5.41, 5.74) is 1.50. The van der Waals surface area contributed by atoms with Crippen molar-refractivity contribution in [1.29, 1.82) is 0 Å². The number of aromatic nitrogens is 2. The minimum Gasteiger partial charge on any atom is -0.481 e. The first-order chi connectivity index (χ1) is 8.65. The molecular weight excluding hydrogens is 234 g/mol. The molecule has 0 saturated carbocycles. The van der Waals surface area contributed by atoms with Crippen LogP contribution in [0.4, 0.5) is 11.4 Å². The first kappa shape index (κ1) is 11.8. The second-order valence-corrected chi connectivity index (χ2v) is 3.66. The molecule has 0 spiro atoms. The summed E-state index contributed by atoms with van der Waals surface area (Å²) in [4.78, 5) is 27.6. The molecule has 1 aromatic heterocycles. The summed E-state index contributed by atoms with van der Waals surface area (Å²) in [7, 11) is 0. The zero-order chi connectivity index (χ0) is 13.0. The number of anilines is 2. The maximum absolute atomic E-state index is 10.8. The molecule has 1 heterocycles. The van der Waals surface area contributed by atoms with Crippen molar-refractivity contribution in [2.45, 2.75) is 6.42 Å². The highest BCUT2D eigenvalue weighted by molar-refractivity contribution is 5.74. The van der Waals surface area contributed by atoms with E-state index in [1.54, 1.807) is 24.3 Å². The third-order valence-electron chi connectivity index (χ3n) is 2.31. The van der Waals surface area contributed by atoms with Crippen LogP contribution in [-0.2, 0) is 11.2 Å². The van der Waals surface area contributed by atoms with E-state index in [9.17, 15) is 9.59 Å². The second kappa shape index (κ2) is 5.13. The van der Waals surface area contributed by atoms with Crippen molar-refractivity contribution in [2.24, 2.45) is 0 Å². The third kappa shape index (κ3) is 2.94. The molecule has 0 bridgehead atoms. The van der Waals surface area contributed by atoms with E-state index in [4.69, 9.17) is 5.11 Å². The fourth-order valence-corrected chi connectivity index (χ4v) is 1.53. The van der Waals surface area contributed by atoms with Gasteiger partial charge in [0, 0.05) is 11.9 Å². The molecule has 1 aromatic carbocycles. The molecule has 2 aromatic rings. The van der Waals surface area contributed by atoms with Crippen molar-refractivity contribution in [2.75, 3.05) is 5.32 Å². The maximum Gasteiger partial charge on any atom is 0.345 e. The molecule has 2 rings (SSSR count). The van der Waals surface area contributed by atoms with Gasteiger partial charge in [-0.2, -0.15) is 4.98 Å². The van der Waals surface area contributed by atoms with Gasteiger partial charge in [-0.25, -0.2) is 4.79 Å². The number of benzene rings is 1. The van der Waals surface area contributed by atoms with Gasteiger partial charge in [0.2, 0.25) is 0 Å². The Morgan fingerprint density at radius 2 is 2.17 bits per heavy atom. The Balaban J connectivity index is 2.25. The number of nitrogens with zero attached hydrogens (tertiary/aromatic N) is 1. The number of carboxylic acid groups (broad SMARTS) is 1. The predicted octanol–water partition coefficient (Wildman–Crippen LogP) is 1.14. The lowest BCUT2D eigenvalue weighted by Gasteiger charge is -2.09. The number of hydrogen-bond acceptors (Lipinski definition) is 4. The molecule has 0 radical (unpaired) electrons. The van der Waals surface area contributed by atoms with Crippen LogP contribution in [0.3, 0.4) is 0 Å². The predicted molar refractivity (Wildman–Crippen MR) is 65.9 cm³/mol. The fraction of sp³-hybridized carbons (Fsp3) is 0.0833. The van der Waals surface area contributed by atoms with Crippen molar-refractivity contribution >= 4 is 17.3 Å². The highest BCUT2D eigenvalue weighted by atomic mass is 16.4. The number of hydrogen-bond donors (Lipinski definition) is 3. The average molecular weight is 245 g/mol. The van der Waals surface area contributed by atoms with E-state index in [1.807, 2.05) is 0 Å². The lowest BCUT2D eigenvalue weighted by Crippen LogP contribution is -2.09. The smallest absolute Gasteiger partial charge is 0.345 e. The Kier molecular flexibility index (Phi) is 3.38. The van der Waals surface area contributed by atoms with Crippen LogP contribution in [0.5, 0.6) is 0 Å². The first-order valence-corrected chi connectivity index (χ1v) is 5.26. The quantitative estimate of drug-likeness (QED) is 0.750. The highest BCUT2D eigenvalue weighted by Crippen LogP contribution is 2.19. The van der Waals surface area contributed by atoms with Gasteiger partial charge in [-0.05, 0) is 11.6 Å². The number of para-hydroxylation sites is 1. The first-order valence-electron chi connectivity index (χ1n) is 5.26. The highest BCUT2D eigenvalue weighted by Gasteiger charge is 2.06. The Hall–Kier alpha value is -2.63. The Morgan fingerprint density at radius 1 is 1.39 bits per heavy atom. The van der Waals surface area contributed by atoms with Crippen LogP contribution in [0.15, 0.2) is 41.5 Å². The van der Waals surface area contributed by atoms with E-state index in [-0.39, 0.29) is 6.42 Å². The Bertz CT molecular complexity index is 601. The molecule has 18 heavy (non-hydrogen) atoms. The molecule has 6 heteroatoms. The molecule has 0 aliphatic carbocycles. The summed E-state index contributed by atoms with van der Waals surface area (Å²) in [6, 6.07) is 7.07. The van der Waals surface area contributed by atoms with Crippen LogP contribution in [-0.4, -0.2) is 21.0 Å². The molecular formula is C12H11N3O3. The lowest BCUT2D eigenvalue weighted by molar-refractivity contribution is -0.136. The topological polar surface area (TPSA) is 95.1 Å². The minimum absolute atomic E-state index is 0.0695. The molecule has 0 saturated heterocycles. The normalized spacial score (nSPS) is 10.0. The zero-order valence-corrected chi connectivity index (χ0v) is 9.38. The third-order valence-corrected chi connectivity index (χ3v) is 2.31. The molecule has 0 amide bonds. The number of carboxylic acids is 1. The van der Waals surface area contributed by atoms with Crippen molar-refractivity contribution in [3.05, 3.63) is 52.7 Å². The van der Waals surface area contributed by atoms with Crippen LogP contribution >= 0.6 is 0 Å². The lowest BCUT2D eigenvalue weighted by atomic mass is 10.1. The molecule has 92 valence electrons. The van der Waals surface area contributed by atoms with E-state index >= 15 is 0 Å². The molecule has 0 fully saturated rings. The molecule has 3 N–H and O–H groups in total. The van der Waals surface area contributed by atoms with E-state index < -0.39 is 11.7 Å². The molecule has 0 aliphatic heterocycles. The SMILES string of the molecule is O=C(O)Cc1ccccc1Nc1cnc(=O)[nH]c1. The van der Waals surface area contributed by atoms with Gasteiger partial charge in [0.15, 0.2) is 0 Å². The van der Waals surface area contributed by atoms with E-state index in [2.05, 4.69) is 15.3 Å². The van der Waals surface area contributed by atoms with Crippen molar-refractivity contribution in [3.8, 4) is 0 Å². The van der Waals surface area contributed by atoms with Gasteiger partial charge < -0.3 is 15.4 Å². The number of aliphatic carboxylic acids is 1. The number of H-pyrrole nitrogens is 1. The summed E-state index contributed by atoms with van der Waals surface area (Å²) in [5.74, 6) is -0.899. The summed E-state index contributed by atoms with van der Waals surface area (Å²) < 4.78 is 0. The van der Waals surface area contributed by atoms with Crippen LogP contribution in [0.2, 0.25) is 0 Å². The van der Waals surface area contributed by atoms with E-state index in [0.717, 1.165) is 0 Å². The van der Waals surface area contributed by atoms with Gasteiger partial charge in [0.1, 0.15) is 0 Å². The van der Waals surface area contributed by atoms with Gasteiger partial charge in [-0.1, -0.05) is 18.2 Å². The van der Waals surface area contributed by atoms with E-state index in [1.165, 1.54) is 12.4 Å². The molecule has 0 aliphatic rings. The second-order valence-electron chi connectivity index (χ2n) is 3.66. The number of nitrogens with one attached hydrogen (secondary N) is 2. The van der Waals surface area contributed by atoms with Crippen molar-refractivity contribution in [1.82, 2.24) is 9.97 Å². The van der Waals surface area contributed by atoms with E-state index in [0.29, 0.717) is 16.9 Å². The zero-order valence-electron chi connectivity index (χ0n) is 9.38. The van der Waals surface area contributed by atoms with Crippen molar-refractivity contribution < 1.29 is 9.90 Å². The van der Waals surface area contributed by atoms with Gasteiger partial charge >= 0.3 is 11.7 Å². The fourth-order valence-electron chi connectivity index (χ4n) is 1.53. The van der Waals surface area contributed by atoms with Gasteiger partial charge in [-0.15, -0.1) is 0 Å². The standard InChI is InChI=1S/C12H11N3O3/c16-11(17)5-8-3-1-2-4-10(8)15-9-6-13-12(18)14-7-9/h1-4,6-7,15H,5H2,(H,16,17)(H,13,14,18). The van der Waals surface area contributed by atoms with Crippen LogP contribution in [0.1, 0.15) is 5.56 Å². The number of carbonyl (C=O) groups is 1. The monoisotopic (exact) mass is 245 g/mol. The molecule has 0 atom stereocenters. The summed E-state index contributed by atoms with van der Waals surface area (Å²) in [6.45, 7) is 0.